The maximum absolute atomic E-state index is 12.5. The number of rotatable bonds is 4. The Labute approximate surface area is 174 Å². The van der Waals surface area contributed by atoms with E-state index in [1.165, 1.54) is 5.56 Å². The van der Waals surface area contributed by atoms with Gasteiger partial charge in [0.15, 0.2) is 6.61 Å². The maximum Gasteiger partial charge on any atom is 0.260 e. The van der Waals surface area contributed by atoms with Crippen molar-refractivity contribution in [1.82, 2.24) is 4.90 Å². The quantitative estimate of drug-likeness (QED) is 0.809. The first-order chi connectivity index (χ1) is 13.5. The zero-order chi connectivity index (χ0) is 19.7. The third-order valence-electron chi connectivity index (χ3n) is 5.06. The van der Waals surface area contributed by atoms with Gasteiger partial charge in [0.1, 0.15) is 5.75 Å². The molecule has 0 saturated carbocycles. The summed E-state index contributed by atoms with van der Waals surface area (Å²) in [5.41, 5.74) is 4.19. The number of nitrogens with zero attached hydrogens (tertiary/aromatic N) is 2. The van der Waals surface area contributed by atoms with Crippen molar-refractivity contribution in [2.75, 3.05) is 43.0 Å². The molecule has 1 amide bonds. The van der Waals surface area contributed by atoms with Crippen molar-refractivity contribution in [2.45, 2.75) is 6.42 Å². The summed E-state index contributed by atoms with van der Waals surface area (Å²) in [6.45, 7) is 6.76. The molecule has 1 saturated heterocycles. The standard InChI is InChI=1S/C21H21Cl2N3O2/c1-14-10-15-2-4-17(12-20(15)24-14)28-13-21(27)26-8-6-25(7-9-26)16-3-5-18(22)19(23)11-16/h2-5,11-12,24H,1,6-10,13H2. The lowest BCUT2D eigenvalue weighted by atomic mass is 10.1. The number of anilines is 2. The average molecular weight is 418 g/mol. The van der Waals surface area contributed by atoms with E-state index in [-0.39, 0.29) is 12.5 Å². The molecule has 4 rings (SSSR count). The number of allylic oxidation sites excluding steroid dienone is 1. The van der Waals surface area contributed by atoms with Crippen LogP contribution in [0.1, 0.15) is 5.56 Å². The van der Waals surface area contributed by atoms with Crippen LogP contribution in [0.15, 0.2) is 48.7 Å². The molecule has 2 heterocycles. The highest BCUT2D eigenvalue weighted by atomic mass is 35.5. The molecule has 1 N–H and O–H groups in total. The summed E-state index contributed by atoms with van der Waals surface area (Å²) in [7, 11) is 0. The molecule has 0 aliphatic carbocycles. The van der Waals surface area contributed by atoms with E-state index >= 15 is 0 Å². The van der Waals surface area contributed by atoms with Crippen LogP contribution in [-0.4, -0.2) is 43.6 Å². The lowest BCUT2D eigenvalue weighted by Crippen LogP contribution is -2.50. The van der Waals surface area contributed by atoms with E-state index in [1.54, 1.807) is 6.07 Å². The van der Waals surface area contributed by atoms with Crippen LogP contribution in [0.5, 0.6) is 5.75 Å². The molecule has 2 aromatic carbocycles. The van der Waals surface area contributed by atoms with Crippen LogP contribution in [0.4, 0.5) is 11.4 Å². The average Bonchev–Trinajstić information content (AvgIpc) is 3.07. The van der Waals surface area contributed by atoms with Gasteiger partial charge in [0.05, 0.1) is 10.0 Å². The SMILES string of the molecule is C=C1Cc2ccc(OCC(=O)N3CCN(c4ccc(Cl)c(Cl)c4)CC3)cc2N1. The van der Waals surface area contributed by atoms with Crippen LogP contribution >= 0.6 is 23.2 Å². The van der Waals surface area contributed by atoms with Crippen LogP contribution in [0, 0.1) is 0 Å². The molecule has 7 heteroatoms. The highest BCUT2D eigenvalue weighted by molar-refractivity contribution is 6.42. The second-order valence-corrected chi connectivity index (χ2v) is 7.79. The van der Waals surface area contributed by atoms with Crippen LogP contribution < -0.4 is 15.0 Å². The molecular weight excluding hydrogens is 397 g/mol. The van der Waals surface area contributed by atoms with E-state index in [0.717, 1.165) is 36.6 Å². The van der Waals surface area contributed by atoms with Crippen molar-refractivity contribution in [3.8, 4) is 5.75 Å². The Hall–Kier alpha value is -2.37. The van der Waals surface area contributed by atoms with Crippen molar-refractivity contribution >= 4 is 40.5 Å². The van der Waals surface area contributed by atoms with Crippen LogP contribution in [0.3, 0.4) is 0 Å². The summed E-state index contributed by atoms with van der Waals surface area (Å²) in [5.74, 6) is 0.676. The second-order valence-electron chi connectivity index (χ2n) is 6.98. The Morgan fingerprint density at radius 2 is 1.86 bits per heavy atom. The fourth-order valence-corrected chi connectivity index (χ4v) is 3.80. The molecule has 0 bridgehead atoms. The Kier molecular flexibility index (Phi) is 5.38. The predicted molar refractivity (Wildman–Crippen MR) is 114 cm³/mol. The number of ether oxygens (including phenoxy) is 1. The third kappa shape index (κ3) is 4.05. The predicted octanol–water partition coefficient (Wildman–Crippen LogP) is 4.20. The fourth-order valence-electron chi connectivity index (χ4n) is 3.51. The Morgan fingerprint density at radius 3 is 2.61 bits per heavy atom. The minimum absolute atomic E-state index is 0.00773. The summed E-state index contributed by atoms with van der Waals surface area (Å²) >= 11 is 12.1. The van der Waals surface area contributed by atoms with Crippen LogP contribution in [-0.2, 0) is 11.2 Å². The topological polar surface area (TPSA) is 44.8 Å². The van der Waals surface area contributed by atoms with E-state index < -0.39 is 0 Å². The van der Waals surface area contributed by atoms with E-state index in [1.807, 2.05) is 35.2 Å². The largest absolute Gasteiger partial charge is 0.484 e. The summed E-state index contributed by atoms with van der Waals surface area (Å²) in [6.07, 6.45) is 0.831. The molecule has 0 aromatic heterocycles. The van der Waals surface area contributed by atoms with E-state index in [2.05, 4.69) is 16.8 Å². The third-order valence-corrected chi connectivity index (χ3v) is 5.80. The van der Waals surface area contributed by atoms with Gasteiger partial charge in [0, 0.05) is 55.7 Å². The number of amides is 1. The zero-order valence-corrected chi connectivity index (χ0v) is 16.9. The molecule has 0 atom stereocenters. The first-order valence-electron chi connectivity index (χ1n) is 9.18. The van der Waals surface area contributed by atoms with Gasteiger partial charge in [-0.25, -0.2) is 0 Å². The van der Waals surface area contributed by atoms with Gasteiger partial charge in [-0.3, -0.25) is 4.79 Å². The molecule has 5 nitrogen and oxygen atoms in total. The summed E-state index contributed by atoms with van der Waals surface area (Å²) < 4.78 is 5.72. The van der Waals surface area contributed by atoms with Crippen LogP contribution in [0.25, 0.3) is 0 Å². The highest BCUT2D eigenvalue weighted by Gasteiger charge is 2.22. The zero-order valence-electron chi connectivity index (χ0n) is 15.4. The monoisotopic (exact) mass is 417 g/mol. The molecule has 2 aliphatic rings. The lowest BCUT2D eigenvalue weighted by molar-refractivity contribution is -0.133. The molecule has 2 aliphatic heterocycles. The van der Waals surface area contributed by atoms with Gasteiger partial charge in [0.25, 0.3) is 5.91 Å². The molecule has 2 aromatic rings. The number of benzene rings is 2. The Morgan fingerprint density at radius 1 is 1.07 bits per heavy atom. The lowest BCUT2D eigenvalue weighted by Gasteiger charge is -2.36. The molecule has 0 unspecified atom stereocenters. The van der Waals surface area contributed by atoms with Gasteiger partial charge in [-0.15, -0.1) is 0 Å². The fraction of sp³-hybridized carbons (Fsp3) is 0.286. The van der Waals surface area contributed by atoms with Crippen molar-refractivity contribution < 1.29 is 9.53 Å². The smallest absolute Gasteiger partial charge is 0.260 e. The Bertz CT molecular complexity index is 924. The number of carbonyl (C=O) groups is 1. The molecule has 146 valence electrons. The van der Waals surface area contributed by atoms with Crippen molar-refractivity contribution in [1.29, 1.82) is 0 Å². The first kappa shape index (κ1) is 19.0. The van der Waals surface area contributed by atoms with Gasteiger partial charge in [-0.05, 0) is 29.8 Å². The Balaban J connectivity index is 1.29. The van der Waals surface area contributed by atoms with Gasteiger partial charge >= 0.3 is 0 Å². The molecule has 0 spiro atoms. The number of fused-ring (bicyclic) bond motifs is 1. The maximum atomic E-state index is 12.5. The molecule has 28 heavy (non-hydrogen) atoms. The van der Waals surface area contributed by atoms with Crippen molar-refractivity contribution in [3.63, 3.8) is 0 Å². The summed E-state index contributed by atoms with van der Waals surface area (Å²) in [6, 6.07) is 11.4. The molecular formula is C21H21Cl2N3O2. The van der Waals surface area contributed by atoms with Gasteiger partial charge in [-0.1, -0.05) is 35.8 Å². The normalized spacial score (nSPS) is 16.0. The minimum atomic E-state index is -0.00773. The van der Waals surface area contributed by atoms with Gasteiger partial charge in [0.2, 0.25) is 0 Å². The highest BCUT2D eigenvalue weighted by Crippen LogP contribution is 2.31. The van der Waals surface area contributed by atoms with Crippen molar-refractivity contribution in [2.24, 2.45) is 0 Å². The minimum Gasteiger partial charge on any atom is -0.484 e. The summed E-state index contributed by atoms with van der Waals surface area (Å²) in [4.78, 5) is 16.5. The summed E-state index contributed by atoms with van der Waals surface area (Å²) in [5, 5.41) is 4.31. The number of nitrogens with one attached hydrogen (secondary N) is 1. The molecule has 0 radical (unpaired) electrons. The number of halogens is 2. The van der Waals surface area contributed by atoms with Crippen LogP contribution in [0.2, 0.25) is 10.0 Å². The van der Waals surface area contributed by atoms with E-state index in [0.29, 0.717) is 28.9 Å². The number of hydrogen-bond donors (Lipinski definition) is 1. The number of hydrogen-bond acceptors (Lipinski definition) is 4. The van der Waals surface area contributed by atoms with E-state index in [9.17, 15) is 4.79 Å². The molecule has 1 fully saturated rings. The van der Waals surface area contributed by atoms with Crippen molar-refractivity contribution in [3.05, 3.63) is 64.3 Å². The van der Waals surface area contributed by atoms with E-state index in [4.69, 9.17) is 27.9 Å². The van der Waals surface area contributed by atoms with Gasteiger partial charge in [-0.2, -0.15) is 0 Å². The first-order valence-corrected chi connectivity index (χ1v) is 9.93. The number of piperazine rings is 1. The second kappa shape index (κ2) is 7.94. The number of carbonyl (C=O) groups excluding carboxylic acids is 1. The van der Waals surface area contributed by atoms with Gasteiger partial charge < -0.3 is 19.9 Å².